The summed E-state index contributed by atoms with van der Waals surface area (Å²) in [6, 6.07) is 7.13. The Bertz CT molecular complexity index is 843. The lowest BCUT2D eigenvalue weighted by molar-refractivity contribution is -0.153. The van der Waals surface area contributed by atoms with Crippen LogP contribution in [-0.2, 0) is 19.1 Å². The number of rotatable bonds is 8. The molecule has 1 heterocycles. The number of ether oxygens (including phenoxy) is 1. The fourth-order valence-corrected chi connectivity index (χ4v) is 4.08. The predicted octanol–water partition coefficient (Wildman–Crippen LogP) is 3.33. The van der Waals surface area contributed by atoms with E-state index >= 15 is 0 Å². The van der Waals surface area contributed by atoms with Gasteiger partial charge in [0.1, 0.15) is 5.54 Å². The number of nitrogens with zero attached hydrogens (tertiary/aromatic N) is 1. The van der Waals surface area contributed by atoms with Crippen LogP contribution in [0.4, 0.5) is 10.5 Å². The number of amides is 4. The third-order valence-electron chi connectivity index (χ3n) is 5.99. The first-order valence-electron chi connectivity index (χ1n) is 11.0. The number of hydrogen-bond donors (Lipinski definition) is 2. The zero-order chi connectivity index (χ0) is 22.6. The molecule has 0 radical (unpaired) electrons. The maximum absolute atomic E-state index is 12.6. The minimum atomic E-state index is -0.948. The van der Waals surface area contributed by atoms with Gasteiger partial charge < -0.3 is 15.4 Å². The number of carbonyl (C=O) groups is 4. The monoisotopic (exact) mass is 429 g/mol. The number of anilines is 1. The summed E-state index contributed by atoms with van der Waals surface area (Å²) in [6.07, 6.45) is 2.55. The number of imide groups is 1. The number of nitrogens with one attached hydrogen (secondary N) is 2. The minimum Gasteiger partial charge on any atom is -0.453 e. The van der Waals surface area contributed by atoms with E-state index < -0.39 is 29.6 Å². The summed E-state index contributed by atoms with van der Waals surface area (Å²) in [5.41, 5.74) is 1.07. The van der Waals surface area contributed by atoms with Crippen LogP contribution in [0, 0.1) is 0 Å². The standard InChI is InChI=1S/C23H31N3O5/c1-15(2)17-8-10-18(11-9-17)24-20(28)16(3)31-19(27)7-6-14-26-21(29)23(25-22(26)30)12-4-5-13-23/h8-11,15-16H,4-7,12-14H2,1-3H3,(H,24,28)(H,25,30)/t16-/m1/s1. The van der Waals surface area contributed by atoms with Crippen LogP contribution in [0.1, 0.15) is 70.8 Å². The summed E-state index contributed by atoms with van der Waals surface area (Å²) in [7, 11) is 0. The van der Waals surface area contributed by atoms with Gasteiger partial charge in [-0.15, -0.1) is 0 Å². The van der Waals surface area contributed by atoms with Crippen molar-refractivity contribution in [2.24, 2.45) is 0 Å². The van der Waals surface area contributed by atoms with Gasteiger partial charge in [-0.3, -0.25) is 19.3 Å². The highest BCUT2D eigenvalue weighted by atomic mass is 16.5. The minimum absolute atomic E-state index is 0.0186. The topological polar surface area (TPSA) is 105 Å². The zero-order valence-electron chi connectivity index (χ0n) is 18.4. The van der Waals surface area contributed by atoms with Gasteiger partial charge in [-0.2, -0.15) is 0 Å². The van der Waals surface area contributed by atoms with Gasteiger partial charge in [-0.1, -0.05) is 38.8 Å². The van der Waals surface area contributed by atoms with Crippen LogP contribution in [0.5, 0.6) is 0 Å². The summed E-state index contributed by atoms with van der Waals surface area (Å²) >= 11 is 0. The maximum Gasteiger partial charge on any atom is 0.325 e. The van der Waals surface area contributed by atoms with Gasteiger partial charge in [-0.25, -0.2) is 4.79 Å². The zero-order valence-corrected chi connectivity index (χ0v) is 18.4. The normalized spacial score (nSPS) is 18.4. The lowest BCUT2D eigenvalue weighted by atomic mass is 9.98. The Morgan fingerprint density at radius 3 is 2.39 bits per heavy atom. The van der Waals surface area contributed by atoms with Crippen LogP contribution in [0.2, 0.25) is 0 Å². The number of urea groups is 1. The molecule has 1 aromatic carbocycles. The molecule has 1 saturated carbocycles. The second-order valence-electron chi connectivity index (χ2n) is 8.68. The van der Waals surface area contributed by atoms with E-state index in [2.05, 4.69) is 24.5 Å². The molecule has 0 aromatic heterocycles. The summed E-state index contributed by atoms with van der Waals surface area (Å²) in [5.74, 6) is -0.752. The Hall–Kier alpha value is -2.90. The summed E-state index contributed by atoms with van der Waals surface area (Å²) in [4.78, 5) is 50.3. The van der Waals surface area contributed by atoms with E-state index in [1.165, 1.54) is 17.4 Å². The van der Waals surface area contributed by atoms with E-state index in [0.717, 1.165) is 12.8 Å². The third-order valence-corrected chi connectivity index (χ3v) is 5.99. The number of hydrogen-bond acceptors (Lipinski definition) is 5. The molecule has 1 aromatic rings. The molecule has 31 heavy (non-hydrogen) atoms. The summed E-state index contributed by atoms with van der Waals surface area (Å²) in [5, 5.41) is 5.55. The highest BCUT2D eigenvalue weighted by molar-refractivity contribution is 6.07. The SMILES string of the molecule is CC(C)c1ccc(NC(=O)[C@@H](C)OC(=O)CCCN2C(=O)NC3(CCCC3)C2=O)cc1. The molecule has 1 atom stereocenters. The van der Waals surface area contributed by atoms with Gasteiger partial charge in [0.25, 0.3) is 11.8 Å². The van der Waals surface area contributed by atoms with E-state index in [1.54, 1.807) is 0 Å². The van der Waals surface area contributed by atoms with Crippen LogP contribution in [-0.4, -0.2) is 46.9 Å². The van der Waals surface area contributed by atoms with E-state index in [4.69, 9.17) is 4.74 Å². The van der Waals surface area contributed by atoms with Crippen molar-refractivity contribution in [1.29, 1.82) is 0 Å². The Morgan fingerprint density at radius 2 is 1.77 bits per heavy atom. The van der Waals surface area contributed by atoms with Gasteiger partial charge in [0.05, 0.1) is 0 Å². The molecule has 2 N–H and O–H groups in total. The maximum atomic E-state index is 12.6. The summed E-state index contributed by atoms with van der Waals surface area (Å²) in [6.45, 7) is 5.85. The molecule has 1 aliphatic heterocycles. The smallest absolute Gasteiger partial charge is 0.325 e. The van der Waals surface area contributed by atoms with Crippen LogP contribution in [0.15, 0.2) is 24.3 Å². The van der Waals surface area contributed by atoms with E-state index in [-0.39, 0.29) is 18.9 Å². The molecule has 1 aliphatic carbocycles. The fourth-order valence-electron chi connectivity index (χ4n) is 4.08. The molecular formula is C23H31N3O5. The Balaban J connectivity index is 1.41. The average Bonchev–Trinajstić information content (AvgIpc) is 3.28. The van der Waals surface area contributed by atoms with Crippen LogP contribution < -0.4 is 10.6 Å². The van der Waals surface area contributed by atoms with Crippen molar-refractivity contribution in [2.75, 3.05) is 11.9 Å². The van der Waals surface area contributed by atoms with E-state index in [1.807, 2.05) is 24.3 Å². The van der Waals surface area contributed by atoms with Crippen molar-refractivity contribution >= 4 is 29.5 Å². The van der Waals surface area contributed by atoms with E-state index in [0.29, 0.717) is 30.9 Å². The molecule has 8 nitrogen and oxygen atoms in total. The first-order chi connectivity index (χ1) is 14.7. The number of esters is 1. The van der Waals surface area contributed by atoms with Crippen molar-refractivity contribution in [2.45, 2.75) is 76.9 Å². The molecule has 2 aliphatic rings. The molecule has 3 rings (SSSR count). The Morgan fingerprint density at radius 1 is 1.13 bits per heavy atom. The quantitative estimate of drug-likeness (QED) is 0.487. The van der Waals surface area contributed by atoms with E-state index in [9.17, 15) is 19.2 Å². The molecular weight excluding hydrogens is 398 g/mol. The molecule has 1 saturated heterocycles. The first-order valence-corrected chi connectivity index (χ1v) is 11.0. The summed E-state index contributed by atoms with van der Waals surface area (Å²) < 4.78 is 5.20. The van der Waals surface area contributed by atoms with Gasteiger partial charge in [0, 0.05) is 18.7 Å². The molecule has 168 valence electrons. The van der Waals surface area contributed by atoms with Crippen molar-refractivity contribution in [3.63, 3.8) is 0 Å². The van der Waals surface area contributed by atoms with Crippen LogP contribution in [0.25, 0.3) is 0 Å². The average molecular weight is 430 g/mol. The highest BCUT2D eigenvalue weighted by Crippen LogP contribution is 2.35. The van der Waals surface area contributed by atoms with Gasteiger partial charge >= 0.3 is 12.0 Å². The first kappa shape index (κ1) is 22.8. The second-order valence-corrected chi connectivity index (χ2v) is 8.68. The van der Waals surface area contributed by atoms with Crippen LogP contribution in [0.3, 0.4) is 0 Å². The second kappa shape index (κ2) is 9.49. The van der Waals surface area contributed by atoms with Crippen molar-refractivity contribution < 1.29 is 23.9 Å². The van der Waals surface area contributed by atoms with Crippen molar-refractivity contribution in [3.05, 3.63) is 29.8 Å². The van der Waals surface area contributed by atoms with Gasteiger partial charge in [0.2, 0.25) is 0 Å². The van der Waals surface area contributed by atoms with Crippen LogP contribution >= 0.6 is 0 Å². The lowest BCUT2D eigenvalue weighted by Gasteiger charge is -2.20. The Labute approximate surface area is 182 Å². The largest absolute Gasteiger partial charge is 0.453 e. The number of carbonyl (C=O) groups excluding carboxylic acids is 4. The fraction of sp³-hybridized carbons (Fsp3) is 0.565. The highest BCUT2D eigenvalue weighted by Gasteiger charge is 2.52. The molecule has 4 amide bonds. The number of benzene rings is 1. The predicted molar refractivity (Wildman–Crippen MR) is 115 cm³/mol. The molecule has 0 unspecified atom stereocenters. The molecule has 2 fully saturated rings. The Kier molecular flexibility index (Phi) is 6.97. The third kappa shape index (κ3) is 5.24. The lowest BCUT2D eigenvalue weighted by Crippen LogP contribution is -2.44. The van der Waals surface area contributed by atoms with Gasteiger partial charge in [0.15, 0.2) is 6.10 Å². The van der Waals surface area contributed by atoms with Crippen molar-refractivity contribution in [1.82, 2.24) is 10.2 Å². The molecule has 1 spiro atoms. The molecule has 8 heteroatoms. The van der Waals surface area contributed by atoms with Crippen molar-refractivity contribution in [3.8, 4) is 0 Å². The van der Waals surface area contributed by atoms with Gasteiger partial charge in [-0.05, 0) is 49.8 Å². The molecule has 0 bridgehead atoms.